The summed E-state index contributed by atoms with van der Waals surface area (Å²) in [5.74, 6) is 7.71. The summed E-state index contributed by atoms with van der Waals surface area (Å²) in [7, 11) is 0. The second kappa shape index (κ2) is 7.17. The van der Waals surface area contributed by atoms with Crippen molar-refractivity contribution in [1.29, 1.82) is 0 Å². The van der Waals surface area contributed by atoms with Gasteiger partial charge in [0.1, 0.15) is 0 Å². The lowest BCUT2D eigenvalue weighted by Crippen LogP contribution is -2.29. The van der Waals surface area contributed by atoms with E-state index in [4.69, 9.17) is 5.84 Å². The molecule has 0 spiro atoms. The zero-order valence-electron chi connectivity index (χ0n) is 11.2. The van der Waals surface area contributed by atoms with Crippen LogP contribution in [0.15, 0.2) is 29.2 Å². The van der Waals surface area contributed by atoms with Crippen molar-refractivity contribution in [2.24, 2.45) is 11.8 Å². The summed E-state index contributed by atoms with van der Waals surface area (Å²) in [6.07, 6.45) is 6.72. The van der Waals surface area contributed by atoms with E-state index >= 15 is 0 Å². The van der Waals surface area contributed by atoms with Crippen molar-refractivity contribution in [1.82, 2.24) is 5.43 Å². The van der Waals surface area contributed by atoms with Crippen LogP contribution in [0.1, 0.15) is 50.6 Å². The Morgan fingerprint density at radius 1 is 1.28 bits per heavy atom. The molecule has 1 aromatic rings. The number of thioether (sulfide) groups is 1. The molecule has 18 heavy (non-hydrogen) atoms. The molecule has 100 valence electrons. The standard InChI is InChI=1S/C15H24N2S/c1-2-18-14-9-7-13(8-10-14)15(17-16)11-12-5-3-4-6-12/h7-10,12,15,17H,2-6,11,16H2,1H3. The van der Waals surface area contributed by atoms with Gasteiger partial charge in [0.05, 0.1) is 0 Å². The minimum absolute atomic E-state index is 0.314. The molecule has 0 saturated heterocycles. The number of hydrogen-bond acceptors (Lipinski definition) is 3. The SMILES string of the molecule is CCSc1ccc(C(CC2CCCC2)NN)cc1. The summed E-state index contributed by atoms with van der Waals surface area (Å²) in [5, 5.41) is 0. The Kier molecular flexibility index (Phi) is 5.54. The Hall–Kier alpha value is -0.510. The van der Waals surface area contributed by atoms with Crippen LogP contribution in [0.2, 0.25) is 0 Å². The number of benzene rings is 1. The van der Waals surface area contributed by atoms with Crippen LogP contribution in [0, 0.1) is 5.92 Å². The third-order valence-electron chi connectivity index (χ3n) is 3.84. The molecular weight excluding hydrogens is 240 g/mol. The topological polar surface area (TPSA) is 38.0 Å². The molecule has 0 amide bonds. The van der Waals surface area contributed by atoms with Crippen LogP contribution < -0.4 is 11.3 Å². The summed E-state index contributed by atoms with van der Waals surface area (Å²) in [6, 6.07) is 9.17. The van der Waals surface area contributed by atoms with E-state index in [-0.39, 0.29) is 0 Å². The van der Waals surface area contributed by atoms with Gasteiger partial charge in [-0.05, 0) is 35.8 Å². The molecule has 0 heterocycles. The largest absolute Gasteiger partial charge is 0.271 e. The van der Waals surface area contributed by atoms with Gasteiger partial charge in [-0.1, -0.05) is 44.7 Å². The molecule has 1 fully saturated rings. The van der Waals surface area contributed by atoms with Gasteiger partial charge in [-0.3, -0.25) is 11.3 Å². The highest BCUT2D eigenvalue weighted by molar-refractivity contribution is 7.99. The lowest BCUT2D eigenvalue weighted by Gasteiger charge is -2.20. The van der Waals surface area contributed by atoms with Gasteiger partial charge in [-0.25, -0.2) is 0 Å². The van der Waals surface area contributed by atoms with E-state index < -0.39 is 0 Å². The average Bonchev–Trinajstić information content (AvgIpc) is 2.90. The maximum absolute atomic E-state index is 5.72. The number of nitrogens with one attached hydrogen (secondary N) is 1. The Morgan fingerprint density at radius 3 is 2.50 bits per heavy atom. The van der Waals surface area contributed by atoms with Crippen molar-refractivity contribution >= 4 is 11.8 Å². The minimum atomic E-state index is 0.314. The van der Waals surface area contributed by atoms with E-state index in [9.17, 15) is 0 Å². The molecule has 1 atom stereocenters. The second-order valence-electron chi connectivity index (χ2n) is 5.11. The molecule has 0 radical (unpaired) electrons. The molecule has 0 bridgehead atoms. The first-order valence-corrected chi connectivity index (χ1v) is 8.01. The Morgan fingerprint density at radius 2 is 1.94 bits per heavy atom. The first kappa shape index (κ1) is 13.9. The predicted molar refractivity (Wildman–Crippen MR) is 79.5 cm³/mol. The van der Waals surface area contributed by atoms with Crippen molar-refractivity contribution in [3.05, 3.63) is 29.8 Å². The number of hydrogen-bond donors (Lipinski definition) is 2. The third kappa shape index (κ3) is 3.74. The van der Waals surface area contributed by atoms with E-state index in [2.05, 4.69) is 36.6 Å². The average molecular weight is 264 g/mol. The fraction of sp³-hybridized carbons (Fsp3) is 0.600. The first-order valence-electron chi connectivity index (χ1n) is 7.02. The number of hydrazine groups is 1. The maximum atomic E-state index is 5.72. The van der Waals surface area contributed by atoms with Crippen LogP contribution >= 0.6 is 11.8 Å². The van der Waals surface area contributed by atoms with E-state index in [0.717, 1.165) is 11.7 Å². The van der Waals surface area contributed by atoms with Gasteiger partial charge in [-0.15, -0.1) is 11.8 Å². The molecule has 1 aliphatic carbocycles. The molecule has 2 rings (SSSR count). The van der Waals surface area contributed by atoms with Crippen molar-refractivity contribution in [2.75, 3.05) is 5.75 Å². The fourth-order valence-electron chi connectivity index (χ4n) is 2.84. The summed E-state index contributed by atoms with van der Waals surface area (Å²) in [6.45, 7) is 2.18. The predicted octanol–water partition coefficient (Wildman–Crippen LogP) is 3.88. The van der Waals surface area contributed by atoms with Crippen LogP contribution in [-0.4, -0.2) is 5.75 Å². The van der Waals surface area contributed by atoms with E-state index in [1.165, 1.54) is 42.6 Å². The molecule has 0 aliphatic heterocycles. The highest BCUT2D eigenvalue weighted by Gasteiger charge is 2.20. The Bertz CT molecular complexity index is 344. The quantitative estimate of drug-likeness (QED) is 0.465. The van der Waals surface area contributed by atoms with Crippen LogP contribution in [-0.2, 0) is 0 Å². The van der Waals surface area contributed by atoms with Crippen LogP contribution in [0.25, 0.3) is 0 Å². The first-order chi connectivity index (χ1) is 8.83. The number of nitrogens with two attached hydrogens (primary N) is 1. The highest BCUT2D eigenvalue weighted by atomic mass is 32.2. The minimum Gasteiger partial charge on any atom is -0.271 e. The van der Waals surface area contributed by atoms with E-state index in [0.29, 0.717) is 6.04 Å². The third-order valence-corrected chi connectivity index (χ3v) is 4.73. The maximum Gasteiger partial charge on any atom is 0.0462 e. The fourth-order valence-corrected chi connectivity index (χ4v) is 3.50. The monoisotopic (exact) mass is 264 g/mol. The highest BCUT2D eigenvalue weighted by Crippen LogP contribution is 2.33. The van der Waals surface area contributed by atoms with Gasteiger partial charge in [0, 0.05) is 10.9 Å². The normalized spacial score (nSPS) is 18.1. The molecule has 3 N–H and O–H groups in total. The van der Waals surface area contributed by atoms with Crippen LogP contribution in [0.5, 0.6) is 0 Å². The zero-order chi connectivity index (χ0) is 12.8. The summed E-state index contributed by atoms with van der Waals surface area (Å²) in [4.78, 5) is 1.35. The van der Waals surface area contributed by atoms with E-state index in [1.807, 2.05) is 11.8 Å². The van der Waals surface area contributed by atoms with Crippen molar-refractivity contribution < 1.29 is 0 Å². The molecule has 1 unspecified atom stereocenters. The van der Waals surface area contributed by atoms with Gasteiger partial charge in [-0.2, -0.15) is 0 Å². The number of rotatable bonds is 6. The van der Waals surface area contributed by atoms with Gasteiger partial charge in [0.25, 0.3) is 0 Å². The molecule has 1 aliphatic rings. The molecule has 1 aromatic carbocycles. The Balaban J connectivity index is 1.97. The van der Waals surface area contributed by atoms with Crippen molar-refractivity contribution in [2.45, 2.75) is 50.0 Å². The molecule has 3 heteroatoms. The lowest BCUT2D eigenvalue weighted by atomic mass is 9.94. The van der Waals surface area contributed by atoms with Gasteiger partial charge in [0.15, 0.2) is 0 Å². The summed E-state index contributed by atoms with van der Waals surface area (Å²) >= 11 is 1.88. The van der Waals surface area contributed by atoms with Gasteiger partial charge in [0.2, 0.25) is 0 Å². The van der Waals surface area contributed by atoms with Gasteiger partial charge >= 0.3 is 0 Å². The van der Waals surface area contributed by atoms with Crippen molar-refractivity contribution in [3.8, 4) is 0 Å². The smallest absolute Gasteiger partial charge is 0.0462 e. The van der Waals surface area contributed by atoms with Crippen LogP contribution in [0.3, 0.4) is 0 Å². The van der Waals surface area contributed by atoms with Crippen molar-refractivity contribution in [3.63, 3.8) is 0 Å². The molecule has 1 saturated carbocycles. The Labute approximate surface area is 115 Å². The molecule has 0 aromatic heterocycles. The zero-order valence-corrected chi connectivity index (χ0v) is 12.0. The van der Waals surface area contributed by atoms with Crippen LogP contribution in [0.4, 0.5) is 0 Å². The lowest BCUT2D eigenvalue weighted by molar-refractivity contribution is 0.400. The molecule has 2 nitrogen and oxygen atoms in total. The summed E-state index contributed by atoms with van der Waals surface area (Å²) in [5.41, 5.74) is 4.31. The van der Waals surface area contributed by atoms with Gasteiger partial charge < -0.3 is 0 Å². The molecular formula is C15H24N2S. The summed E-state index contributed by atoms with van der Waals surface area (Å²) < 4.78 is 0. The second-order valence-corrected chi connectivity index (χ2v) is 6.44. The van der Waals surface area contributed by atoms with E-state index in [1.54, 1.807) is 0 Å².